The first-order chi connectivity index (χ1) is 7.70. The normalized spacial score (nSPS) is 32.3. The summed E-state index contributed by atoms with van der Waals surface area (Å²) in [4.78, 5) is 13.8. The lowest BCUT2D eigenvalue weighted by Gasteiger charge is -2.36. The molecule has 0 aliphatic carbocycles. The van der Waals surface area contributed by atoms with Gasteiger partial charge in [-0.05, 0) is 45.2 Å². The van der Waals surface area contributed by atoms with E-state index in [2.05, 4.69) is 10.2 Å². The molecular formula is C12H23N3O. The summed E-state index contributed by atoms with van der Waals surface area (Å²) < 4.78 is 0. The third-order valence-electron chi connectivity index (χ3n) is 4.01. The molecule has 3 unspecified atom stereocenters. The Bertz CT molecular complexity index is 257. The zero-order chi connectivity index (χ0) is 11.5. The van der Waals surface area contributed by atoms with Crippen LogP contribution in [0, 0.1) is 0 Å². The van der Waals surface area contributed by atoms with Gasteiger partial charge in [-0.2, -0.15) is 0 Å². The highest BCUT2D eigenvalue weighted by atomic mass is 16.1. The first-order valence-electron chi connectivity index (χ1n) is 6.50. The minimum Gasteiger partial charge on any atom is -0.368 e. The van der Waals surface area contributed by atoms with Gasteiger partial charge in [-0.15, -0.1) is 0 Å². The second-order valence-corrected chi connectivity index (χ2v) is 5.08. The van der Waals surface area contributed by atoms with Gasteiger partial charge in [0.05, 0.1) is 6.04 Å². The lowest BCUT2D eigenvalue weighted by molar-refractivity contribution is -0.120. The van der Waals surface area contributed by atoms with E-state index in [0.29, 0.717) is 6.04 Å². The Labute approximate surface area is 97.6 Å². The molecule has 2 saturated heterocycles. The van der Waals surface area contributed by atoms with Crippen LogP contribution >= 0.6 is 0 Å². The van der Waals surface area contributed by atoms with Gasteiger partial charge in [-0.1, -0.05) is 6.92 Å². The topological polar surface area (TPSA) is 58.4 Å². The summed E-state index contributed by atoms with van der Waals surface area (Å²) in [7, 11) is 0. The van der Waals surface area contributed by atoms with Crippen LogP contribution in [0.25, 0.3) is 0 Å². The van der Waals surface area contributed by atoms with Gasteiger partial charge >= 0.3 is 0 Å². The number of nitrogens with zero attached hydrogens (tertiary/aromatic N) is 1. The highest BCUT2D eigenvalue weighted by molar-refractivity contribution is 5.79. The number of primary amides is 1. The fourth-order valence-electron chi connectivity index (χ4n) is 3.06. The Balaban J connectivity index is 1.84. The molecule has 0 spiro atoms. The molecule has 3 N–H and O–H groups in total. The molecule has 0 aromatic carbocycles. The lowest BCUT2D eigenvalue weighted by Crippen LogP contribution is -2.51. The fraction of sp³-hybridized carbons (Fsp3) is 0.917. The van der Waals surface area contributed by atoms with Crippen LogP contribution in [0.15, 0.2) is 0 Å². The van der Waals surface area contributed by atoms with E-state index in [1.165, 1.54) is 32.4 Å². The van der Waals surface area contributed by atoms with Gasteiger partial charge in [0.2, 0.25) is 5.91 Å². The highest BCUT2D eigenvalue weighted by Crippen LogP contribution is 2.27. The van der Waals surface area contributed by atoms with Gasteiger partial charge in [0.15, 0.2) is 0 Å². The second-order valence-electron chi connectivity index (χ2n) is 5.08. The highest BCUT2D eigenvalue weighted by Gasteiger charge is 2.32. The molecule has 3 atom stereocenters. The zero-order valence-electron chi connectivity index (χ0n) is 10.1. The van der Waals surface area contributed by atoms with Gasteiger partial charge < -0.3 is 16.0 Å². The number of carbonyl (C=O) groups excluding carboxylic acids is 1. The van der Waals surface area contributed by atoms with Gasteiger partial charge in [-0.3, -0.25) is 4.79 Å². The Morgan fingerprint density at radius 3 is 3.00 bits per heavy atom. The summed E-state index contributed by atoms with van der Waals surface area (Å²) in [5, 5.41) is 3.42. The van der Waals surface area contributed by atoms with Crippen LogP contribution in [-0.4, -0.2) is 42.0 Å². The molecule has 0 saturated carbocycles. The Kier molecular flexibility index (Phi) is 3.82. The minimum atomic E-state index is -0.212. The molecule has 1 amide bonds. The maximum Gasteiger partial charge on any atom is 0.234 e. The molecule has 2 aliphatic heterocycles. The van der Waals surface area contributed by atoms with Gasteiger partial charge in [-0.25, -0.2) is 0 Å². The third kappa shape index (κ3) is 2.55. The minimum absolute atomic E-state index is 0.141. The summed E-state index contributed by atoms with van der Waals surface area (Å²) in [5.74, 6) is -0.212. The Morgan fingerprint density at radius 1 is 1.50 bits per heavy atom. The molecule has 2 heterocycles. The van der Waals surface area contributed by atoms with Crippen LogP contribution < -0.4 is 11.1 Å². The van der Waals surface area contributed by atoms with E-state index < -0.39 is 0 Å². The van der Waals surface area contributed by atoms with E-state index in [0.717, 1.165) is 18.9 Å². The molecule has 16 heavy (non-hydrogen) atoms. The van der Waals surface area contributed by atoms with Crippen LogP contribution in [0.4, 0.5) is 0 Å². The van der Waals surface area contributed by atoms with Gasteiger partial charge in [0, 0.05) is 12.1 Å². The van der Waals surface area contributed by atoms with Crippen molar-refractivity contribution < 1.29 is 4.79 Å². The van der Waals surface area contributed by atoms with E-state index in [1.807, 2.05) is 6.92 Å². The Morgan fingerprint density at radius 2 is 2.31 bits per heavy atom. The number of hydrogen-bond acceptors (Lipinski definition) is 3. The van der Waals surface area contributed by atoms with E-state index in [9.17, 15) is 4.79 Å². The average molecular weight is 225 g/mol. The van der Waals surface area contributed by atoms with Crippen molar-refractivity contribution in [2.45, 2.75) is 57.2 Å². The van der Waals surface area contributed by atoms with Crippen LogP contribution in [0.5, 0.6) is 0 Å². The molecular weight excluding hydrogens is 202 g/mol. The summed E-state index contributed by atoms with van der Waals surface area (Å²) in [5.41, 5.74) is 5.36. The van der Waals surface area contributed by atoms with Gasteiger partial charge in [0.25, 0.3) is 0 Å². The van der Waals surface area contributed by atoms with Gasteiger partial charge in [0.1, 0.15) is 0 Å². The molecule has 4 nitrogen and oxygen atoms in total. The zero-order valence-corrected chi connectivity index (χ0v) is 10.1. The molecule has 0 bridgehead atoms. The molecule has 92 valence electrons. The lowest BCUT2D eigenvalue weighted by atomic mass is 9.96. The fourth-order valence-corrected chi connectivity index (χ4v) is 3.06. The third-order valence-corrected chi connectivity index (χ3v) is 4.01. The van der Waals surface area contributed by atoms with E-state index in [-0.39, 0.29) is 11.9 Å². The monoisotopic (exact) mass is 225 g/mol. The van der Waals surface area contributed by atoms with E-state index >= 15 is 0 Å². The standard InChI is InChI=1S/C12H23N3O/c1-2-11(12(13)16)14-9-5-7-15-6-3-4-10(15)8-9/h9-11,14H,2-8H2,1H3,(H2,13,16). The molecule has 2 rings (SSSR count). The molecule has 2 aliphatic rings. The molecule has 0 aromatic rings. The van der Waals surface area contributed by atoms with Crippen molar-refractivity contribution in [1.82, 2.24) is 10.2 Å². The van der Waals surface area contributed by atoms with Crippen molar-refractivity contribution in [1.29, 1.82) is 0 Å². The van der Waals surface area contributed by atoms with E-state index in [4.69, 9.17) is 5.73 Å². The predicted molar refractivity (Wildman–Crippen MR) is 64.0 cm³/mol. The van der Waals surface area contributed by atoms with Crippen molar-refractivity contribution >= 4 is 5.91 Å². The van der Waals surface area contributed by atoms with Crippen molar-refractivity contribution in [2.24, 2.45) is 5.73 Å². The number of fused-ring (bicyclic) bond motifs is 1. The SMILES string of the molecule is CCC(NC1CCN2CCCC2C1)C(N)=O. The van der Waals surface area contributed by atoms with Crippen LogP contribution in [0.3, 0.4) is 0 Å². The first kappa shape index (κ1) is 11.9. The predicted octanol–water partition coefficient (Wildman–Crippen LogP) is 0.467. The number of nitrogens with two attached hydrogens (primary N) is 1. The molecule has 2 fully saturated rings. The largest absolute Gasteiger partial charge is 0.368 e. The summed E-state index contributed by atoms with van der Waals surface area (Å²) >= 11 is 0. The smallest absolute Gasteiger partial charge is 0.234 e. The van der Waals surface area contributed by atoms with Crippen LogP contribution in [0.1, 0.15) is 39.0 Å². The molecule has 4 heteroatoms. The van der Waals surface area contributed by atoms with Crippen molar-refractivity contribution in [3.63, 3.8) is 0 Å². The van der Waals surface area contributed by atoms with Crippen molar-refractivity contribution in [2.75, 3.05) is 13.1 Å². The quantitative estimate of drug-likeness (QED) is 0.731. The summed E-state index contributed by atoms with van der Waals surface area (Å²) in [6.07, 6.45) is 5.79. The number of amides is 1. The molecule has 0 radical (unpaired) electrons. The number of carbonyl (C=O) groups is 1. The number of hydrogen-bond donors (Lipinski definition) is 2. The maximum atomic E-state index is 11.2. The Hall–Kier alpha value is -0.610. The van der Waals surface area contributed by atoms with E-state index in [1.54, 1.807) is 0 Å². The molecule has 0 aromatic heterocycles. The average Bonchev–Trinajstić information content (AvgIpc) is 2.72. The van der Waals surface area contributed by atoms with Crippen molar-refractivity contribution in [3.05, 3.63) is 0 Å². The summed E-state index contributed by atoms with van der Waals surface area (Å²) in [6.45, 7) is 4.45. The number of piperidine rings is 1. The first-order valence-corrected chi connectivity index (χ1v) is 6.50. The number of nitrogens with one attached hydrogen (secondary N) is 1. The van der Waals surface area contributed by atoms with Crippen molar-refractivity contribution in [3.8, 4) is 0 Å². The number of rotatable bonds is 4. The summed E-state index contributed by atoms with van der Waals surface area (Å²) in [6, 6.07) is 1.09. The second kappa shape index (κ2) is 5.15. The van der Waals surface area contributed by atoms with Crippen LogP contribution in [0.2, 0.25) is 0 Å². The van der Waals surface area contributed by atoms with Crippen LogP contribution in [-0.2, 0) is 4.79 Å². The maximum absolute atomic E-state index is 11.2.